The lowest BCUT2D eigenvalue weighted by Crippen LogP contribution is -2.14. The van der Waals surface area contributed by atoms with E-state index in [0.29, 0.717) is 10.8 Å². The maximum absolute atomic E-state index is 13.5. The van der Waals surface area contributed by atoms with E-state index in [2.05, 4.69) is 0 Å². The van der Waals surface area contributed by atoms with Crippen LogP contribution in [0.3, 0.4) is 0 Å². The fourth-order valence-corrected chi connectivity index (χ4v) is 2.70. The van der Waals surface area contributed by atoms with Gasteiger partial charge in [-0.3, -0.25) is 0 Å². The molecule has 0 aliphatic carbocycles. The Labute approximate surface area is 125 Å². The number of thioether (sulfide) groups is 1. The average molecular weight is 315 g/mol. The Morgan fingerprint density at radius 3 is 2.50 bits per heavy atom. The summed E-state index contributed by atoms with van der Waals surface area (Å²) in [5.41, 5.74) is 0.189. The molecule has 1 nitrogen and oxygen atoms in total. The number of hydrogen-bond acceptors (Lipinski definition) is 2. The van der Waals surface area contributed by atoms with E-state index in [1.54, 1.807) is 12.1 Å². The number of aliphatic hydroxyl groups is 1. The van der Waals surface area contributed by atoms with Crippen molar-refractivity contribution < 1.29 is 13.9 Å². The Morgan fingerprint density at radius 2 is 1.80 bits per heavy atom. The summed E-state index contributed by atoms with van der Waals surface area (Å²) < 4.78 is 26.5. The van der Waals surface area contributed by atoms with Gasteiger partial charge in [-0.05, 0) is 35.9 Å². The molecule has 106 valence electrons. The molecule has 0 aromatic heterocycles. The maximum Gasteiger partial charge on any atom is 0.162 e. The topological polar surface area (TPSA) is 20.2 Å². The van der Waals surface area contributed by atoms with Crippen LogP contribution < -0.4 is 0 Å². The van der Waals surface area contributed by atoms with Gasteiger partial charge in [-0.2, -0.15) is 0 Å². The smallest absolute Gasteiger partial charge is 0.162 e. The lowest BCUT2D eigenvalue weighted by Gasteiger charge is -2.11. The maximum atomic E-state index is 13.5. The highest BCUT2D eigenvalue weighted by Crippen LogP contribution is 2.22. The summed E-state index contributed by atoms with van der Waals surface area (Å²) >= 11 is 7.22. The molecule has 0 heterocycles. The van der Waals surface area contributed by atoms with Crippen LogP contribution in [0.1, 0.15) is 5.56 Å². The molecule has 0 aliphatic heterocycles. The van der Waals surface area contributed by atoms with Crippen LogP contribution in [0.4, 0.5) is 8.78 Å². The third-order valence-electron chi connectivity index (χ3n) is 2.74. The van der Waals surface area contributed by atoms with Crippen molar-refractivity contribution in [3.05, 3.63) is 64.7 Å². The molecule has 0 fully saturated rings. The average Bonchev–Trinajstić information content (AvgIpc) is 2.43. The monoisotopic (exact) mass is 314 g/mol. The van der Waals surface area contributed by atoms with Gasteiger partial charge in [0.05, 0.1) is 6.10 Å². The molecule has 1 unspecified atom stereocenters. The highest BCUT2D eigenvalue weighted by Gasteiger charge is 2.12. The Morgan fingerprint density at radius 1 is 1.10 bits per heavy atom. The molecule has 0 radical (unpaired) electrons. The van der Waals surface area contributed by atoms with Crippen molar-refractivity contribution in [2.45, 2.75) is 17.4 Å². The largest absolute Gasteiger partial charge is 0.392 e. The van der Waals surface area contributed by atoms with Crippen molar-refractivity contribution in [3.63, 3.8) is 0 Å². The Hall–Kier alpha value is -1.10. The molecule has 0 bridgehead atoms. The van der Waals surface area contributed by atoms with Gasteiger partial charge in [-0.1, -0.05) is 23.7 Å². The summed E-state index contributed by atoms with van der Waals surface area (Å²) in [6.07, 6.45) is -0.656. The first-order chi connectivity index (χ1) is 9.56. The normalized spacial score (nSPS) is 12.4. The van der Waals surface area contributed by atoms with Crippen LogP contribution in [0.5, 0.6) is 0 Å². The van der Waals surface area contributed by atoms with Crippen LogP contribution in [-0.4, -0.2) is 17.0 Å². The Kier molecular flexibility index (Phi) is 5.40. The second kappa shape index (κ2) is 7.07. The first-order valence-electron chi connectivity index (χ1n) is 6.05. The van der Waals surface area contributed by atoms with E-state index >= 15 is 0 Å². The minimum absolute atomic E-state index is 0.0875. The van der Waals surface area contributed by atoms with Crippen molar-refractivity contribution in [1.82, 2.24) is 0 Å². The summed E-state index contributed by atoms with van der Waals surface area (Å²) in [6.45, 7) is 0. The van der Waals surface area contributed by atoms with Gasteiger partial charge in [-0.15, -0.1) is 11.8 Å². The molecule has 2 aromatic rings. The quantitative estimate of drug-likeness (QED) is 0.830. The van der Waals surface area contributed by atoms with Crippen LogP contribution in [0, 0.1) is 11.6 Å². The molecule has 0 spiro atoms. The zero-order chi connectivity index (χ0) is 14.5. The van der Waals surface area contributed by atoms with Gasteiger partial charge in [0.25, 0.3) is 0 Å². The van der Waals surface area contributed by atoms with Crippen LogP contribution in [0.15, 0.2) is 47.4 Å². The molecule has 0 saturated heterocycles. The molecule has 0 amide bonds. The first-order valence-corrected chi connectivity index (χ1v) is 7.42. The van der Waals surface area contributed by atoms with E-state index < -0.39 is 17.7 Å². The van der Waals surface area contributed by atoms with Crippen molar-refractivity contribution in [2.75, 3.05) is 5.75 Å². The second-order valence-electron chi connectivity index (χ2n) is 4.34. The molecule has 20 heavy (non-hydrogen) atoms. The summed E-state index contributed by atoms with van der Waals surface area (Å²) in [6, 6.07) is 11.2. The third kappa shape index (κ3) is 4.20. The van der Waals surface area contributed by atoms with Gasteiger partial charge in [0.2, 0.25) is 0 Å². The van der Waals surface area contributed by atoms with Gasteiger partial charge in [-0.25, -0.2) is 8.78 Å². The molecular formula is C15H13ClF2OS. The minimum atomic E-state index is -0.889. The highest BCUT2D eigenvalue weighted by molar-refractivity contribution is 7.99. The van der Waals surface area contributed by atoms with Gasteiger partial charge in [0, 0.05) is 22.1 Å². The van der Waals surface area contributed by atoms with Crippen molar-refractivity contribution >= 4 is 23.4 Å². The fourth-order valence-electron chi connectivity index (χ4n) is 1.74. The zero-order valence-corrected chi connectivity index (χ0v) is 12.1. The first kappa shape index (κ1) is 15.3. The SMILES string of the molecule is OC(CSc1ccc(Cl)cc1)Cc1cccc(F)c1F. The molecule has 0 aliphatic rings. The Bertz CT molecular complexity index is 575. The van der Waals surface area contributed by atoms with Crippen molar-refractivity contribution in [3.8, 4) is 0 Å². The molecular weight excluding hydrogens is 302 g/mol. The van der Waals surface area contributed by atoms with E-state index in [9.17, 15) is 13.9 Å². The second-order valence-corrected chi connectivity index (χ2v) is 5.87. The summed E-state index contributed by atoms with van der Waals surface area (Å²) in [5, 5.41) is 10.5. The fraction of sp³-hybridized carbons (Fsp3) is 0.200. The van der Waals surface area contributed by atoms with E-state index in [0.717, 1.165) is 11.0 Å². The predicted molar refractivity (Wildman–Crippen MR) is 78.2 cm³/mol. The van der Waals surface area contributed by atoms with Crippen LogP contribution in [0.25, 0.3) is 0 Å². The van der Waals surface area contributed by atoms with Crippen LogP contribution in [-0.2, 0) is 6.42 Å². The van der Waals surface area contributed by atoms with Gasteiger partial charge < -0.3 is 5.11 Å². The number of rotatable bonds is 5. The van der Waals surface area contributed by atoms with Gasteiger partial charge in [0.15, 0.2) is 11.6 Å². The summed E-state index contributed by atoms with van der Waals surface area (Å²) in [5.74, 6) is -1.37. The zero-order valence-electron chi connectivity index (χ0n) is 10.5. The van der Waals surface area contributed by atoms with Crippen LogP contribution in [0.2, 0.25) is 5.02 Å². The number of halogens is 3. The lowest BCUT2D eigenvalue weighted by molar-refractivity contribution is 0.198. The number of aliphatic hydroxyl groups excluding tert-OH is 1. The standard InChI is InChI=1S/C15H13ClF2OS/c16-11-4-6-13(7-5-11)20-9-12(19)8-10-2-1-3-14(17)15(10)18/h1-7,12,19H,8-9H2. The van der Waals surface area contributed by atoms with Crippen LogP contribution >= 0.6 is 23.4 Å². The predicted octanol–water partition coefficient (Wildman–Crippen LogP) is 4.31. The van der Waals surface area contributed by atoms with E-state index in [1.807, 2.05) is 12.1 Å². The van der Waals surface area contributed by atoms with Gasteiger partial charge in [0.1, 0.15) is 0 Å². The minimum Gasteiger partial charge on any atom is -0.392 e. The molecule has 0 saturated carbocycles. The number of benzene rings is 2. The van der Waals surface area contributed by atoms with Gasteiger partial charge >= 0.3 is 0 Å². The number of hydrogen-bond donors (Lipinski definition) is 1. The molecule has 2 aromatic carbocycles. The molecule has 1 atom stereocenters. The third-order valence-corrected chi connectivity index (χ3v) is 4.15. The lowest BCUT2D eigenvalue weighted by atomic mass is 10.1. The van der Waals surface area contributed by atoms with E-state index in [4.69, 9.17) is 11.6 Å². The molecule has 2 rings (SSSR count). The summed E-state index contributed by atoms with van der Waals surface area (Å²) in [4.78, 5) is 0.966. The highest BCUT2D eigenvalue weighted by atomic mass is 35.5. The van der Waals surface area contributed by atoms with E-state index in [1.165, 1.54) is 23.9 Å². The Balaban J connectivity index is 1.91. The van der Waals surface area contributed by atoms with E-state index in [-0.39, 0.29) is 12.0 Å². The molecule has 5 heteroatoms. The summed E-state index contributed by atoms with van der Waals surface area (Å²) in [7, 11) is 0. The molecule has 1 N–H and O–H groups in total. The van der Waals surface area contributed by atoms with Crippen molar-refractivity contribution in [2.24, 2.45) is 0 Å². The van der Waals surface area contributed by atoms with Crippen molar-refractivity contribution in [1.29, 1.82) is 0 Å².